The fourth-order valence-electron chi connectivity index (χ4n) is 12.4. The van der Waals surface area contributed by atoms with E-state index in [-0.39, 0.29) is 6.71 Å². The van der Waals surface area contributed by atoms with E-state index in [0.29, 0.717) is 0 Å². The highest BCUT2D eigenvalue weighted by molar-refractivity contribution is 7.00. The molecule has 12 aromatic carbocycles. The summed E-state index contributed by atoms with van der Waals surface area (Å²) in [6, 6.07) is 109. The predicted octanol–water partition coefficient (Wildman–Crippen LogP) is 20.6. The molecular weight excluding hydrogens is 1010 g/mol. The largest absolute Gasteiger partial charge is 0.311 e. The fraction of sp³-hybridized carbons (Fsp3) is 0.0500. The van der Waals surface area contributed by atoms with E-state index in [1.165, 1.54) is 83.2 Å². The van der Waals surface area contributed by atoms with Crippen LogP contribution in [0.5, 0.6) is 0 Å². The van der Waals surface area contributed by atoms with Gasteiger partial charge in [-0.25, -0.2) is 0 Å². The fourth-order valence-corrected chi connectivity index (χ4v) is 12.4. The standard InChI is InChI=1S/C78H58BN3.C2H6/c1-3-20-55(4-2)65-39-49-74-72(51-65)79-73-52-66(60-29-18-9-19-30-60)40-50-75(73)82(70-47-37-64(38-48-70)59-27-16-8-17-28-59)77-54-71(53-76(78(77)79)81(74)69-45-35-63(36-46-69)58-25-14-7-15-26-58)80(67-41-31-61(32-42-67)56-21-10-5-11-22-56)68-43-33-62(34-44-68)57-23-12-6-13-24-57;1-2/h3-54H,1-2H3;1-2H3/b20-3-,55-4+;. The Morgan fingerprint density at radius 1 is 0.321 bits per heavy atom. The molecule has 0 radical (unpaired) electrons. The third-order valence-corrected chi connectivity index (χ3v) is 16.3. The third kappa shape index (κ3) is 10.0. The van der Waals surface area contributed by atoms with Gasteiger partial charge in [-0.1, -0.05) is 257 Å². The minimum Gasteiger partial charge on any atom is -0.311 e. The molecule has 3 nitrogen and oxygen atoms in total. The second kappa shape index (κ2) is 23.6. The maximum Gasteiger partial charge on any atom is 0.252 e. The van der Waals surface area contributed by atoms with Gasteiger partial charge in [-0.3, -0.25) is 0 Å². The zero-order chi connectivity index (χ0) is 56.9. The molecule has 0 spiro atoms. The Hall–Kier alpha value is -10.4. The van der Waals surface area contributed by atoms with Crippen LogP contribution in [-0.2, 0) is 0 Å². The summed E-state index contributed by atoms with van der Waals surface area (Å²) in [6.07, 6.45) is 6.60. The first kappa shape index (κ1) is 52.9. The van der Waals surface area contributed by atoms with E-state index in [4.69, 9.17) is 0 Å². The van der Waals surface area contributed by atoms with Crippen molar-refractivity contribution in [2.75, 3.05) is 14.7 Å². The van der Waals surface area contributed by atoms with Crippen molar-refractivity contribution in [3.8, 4) is 55.6 Å². The molecule has 0 unspecified atom stereocenters. The summed E-state index contributed by atoms with van der Waals surface area (Å²) in [5, 5.41) is 0. The van der Waals surface area contributed by atoms with Gasteiger partial charge in [0.15, 0.2) is 0 Å². The van der Waals surface area contributed by atoms with Gasteiger partial charge >= 0.3 is 0 Å². The molecule has 0 saturated carbocycles. The van der Waals surface area contributed by atoms with Gasteiger partial charge in [0.1, 0.15) is 0 Å². The number of hydrogen-bond acceptors (Lipinski definition) is 3. The second-order valence-electron chi connectivity index (χ2n) is 21.1. The predicted molar refractivity (Wildman–Crippen MR) is 362 cm³/mol. The van der Waals surface area contributed by atoms with Gasteiger partial charge < -0.3 is 14.7 Å². The van der Waals surface area contributed by atoms with Crippen LogP contribution in [-0.4, -0.2) is 6.71 Å². The van der Waals surface area contributed by atoms with Crippen molar-refractivity contribution in [2.24, 2.45) is 0 Å². The molecule has 0 N–H and O–H groups in total. The molecule has 2 aliphatic heterocycles. The summed E-state index contributed by atoms with van der Waals surface area (Å²) in [5.74, 6) is 0. The maximum absolute atomic E-state index is 2.54. The molecule has 2 aliphatic rings. The summed E-state index contributed by atoms with van der Waals surface area (Å²) in [6.45, 7) is 8.11. The summed E-state index contributed by atoms with van der Waals surface area (Å²) in [4.78, 5) is 7.52. The van der Waals surface area contributed by atoms with Crippen molar-refractivity contribution in [3.63, 3.8) is 0 Å². The van der Waals surface area contributed by atoms with E-state index in [0.717, 1.165) is 51.2 Å². The number of anilines is 9. The van der Waals surface area contributed by atoms with Crippen molar-refractivity contribution < 1.29 is 0 Å². The lowest BCUT2D eigenvalue weighted by atomic mass is 9.33. The molecule has 0 bridgehead atoms. The van der Waals surface area contributed by atoms with Crippen molar-refractivity contribution >= 4 is 79.9 Å². The van der Waals surface area contributed by atoms with Crippen molar-refractivity contribution in [3.05, 3.63) is 321 Å². The van der Waals surface area contributed by atoms with E-state index < -0.39 is 0 Å². The molecule has 0 fully saturated rings. The zero-order valence-electron chi connectivity index (χ0n) is 47.9. The molecule has 0 aliphatic carbocycles. The maximum atomic E-state index is 2.54. The molecule has 0 atom stereocenters. The monoisotopic (exact) mass is 1080 g/mol. The third-order valence-electron chi connectivity index (χ3n) is 16.3. The second-order valence-corrected chi connectivity index (χ2v) is 21.1. The van der Waals surface area contributed by atoms with Crippen LogP contribution >= 0.6 is 0 Å². The number of fused-ring (bicyclic) bond motifs is 4. The Kier molecular flexibility index (Phi) is 14.9. The minimum absolute atomic E-state index is 0.139. The number of allylic oxidation sites excluding steroid dienone is 4. The van der Waals surface area contributed by atoms with Gasteiger partial charge in [-0.2, -0.15) is 0 Å². The Bertz CT molecular complexity index is 4190. The first-order valence-corrected chi connectivity index (χ1v) is 29.4. The Morgan fingerprint density at radius 2 is 0.655 bits per heavy atom. The number of benzene rings is 12. The molecule has 12 aromatic rings. The van der Waals surface area contributed by atoms with E-state index in [2.05, 4.69) is 344 Å². The smallest absolute Gasteiger partial charge is 0.252 e. The average Bonchev–Trinajstić information content (AvgIpc) is 0.895. The molecule has 14 rings (SSSR count). The highest BCUT2D eigenvalue weighted by atomic mass is 15.2. The van der Waals surface area contributed by atoms with Gasteiger partial charge in [0.2, 0.25) is 0 Å². The summed E-state index contributed by atoms with van der Waals surface area (Å²) < 4.78 is 0. The van der Waals surface area contributed by atoms with Gasteiger partial charge in [0.25, 0.3) is 6.71 Å². The van der Waals surface area contributed by atoms with Gasteiger partial charge in [-0.15, -0.1) is 0 Å². The zero-order valence-corrected chi connectivity index (χ0v) is 47.9. The number of rotatable bonds is 12. The molecule has 402 valence electrons. The van der Waals surface area contributed by atoms with E-state index in [9.17, 15) is 0 Å². The summed E-state index contributed by atoms with van der Waals surface area (Å²) in [5.41, 5.74) is 27.8. The summed E-state index contributed by atoms with van der Waals surface area (Å²) in [7, 11) is 0. The number of hydrogen-bond donors (Lipinski definition) is 0. The quantitative estimate of drug-likeness (QED) is 0.0892. The van der Waals surface area contributed by atoms with Crippen LogP contribution in [0.4, 0.5) is 51.2 Å². The highest BCUT2D eigenvalue weighted by Gasteiger charge is 2.44. The normalized spacial score (nSPS) is 12.2. The van der Waals surface area contributed by atoms with Gasteiger partial charge in [0, 0.05) is 45.5 Å². The lowest BCUT2D eigenvalue weighted by molar-refractivity contribution is 1.22. The van der Waals surface area contributed by atoms with Gasteiger partial charge in [-0.05, 0) is 170 Å². The van der Waals surface area contributed by atoms with Crippen molar-refractivity contribution in [1.82, 2.24) is 0 Å². The van der Waals surface area contributed by atoms with Crippen LogP contribution in [0.25, 0.3) is 61.2 Å². The first-order chi connectivity index (χ1) is 41.6. The molecule has 2 heterocycles. The summed E-state index contributed by atoms with van der Waals surface area (Å²) >= 11 is 0. The van der Waals surface area contributed by atoms with Crippen LogP contribution in [0.1, 0.15) is 33.3 Å². The molecule has 4 heteroatoms. The van der Waals surface area contributed by atoms with Crippen molar-refractivity contribution in [1.29, 1.82) is 0 Å². The van der Waals surface area contributed by atoms with Crippen LogP contribution in [0.15, 0.2) is 315 Å². The Morgan fingerprint density at radius 3 is 1.04 bits per heavy atom. The SMILES string of the molecule is C/C=C\C(=C/C)c1ccc2c(c1)B1c3cc(-c4ccccc4)ccc3N(c3ccc(-c4ccccc4)cc3)c3cc(N(c4ccc(-c5ccccc5)cc4)c4ccc(-c5ccccc5)cc4)cc(c31)N2c1ccc(-c2ccccc2)cc1.CC. The molecular formula is C80H64BN3. The van der Waals surface area contributed by atoms with E-state index >= 15 is 0 Å². The molecule has 0 amide bonds. The Balaban J connectivity index is 0.00000326. The van der Waals surface area contributed by atoms with E-state index in [1.807, 2.05) is 13.8 Å². The van der Waals surface area contributed by atoms with Crippen molar-refractivity contribution in [2.45, 2.75) is 27.7 Å². The molecule has 0 aromatic heterocycles. The Labute approximate surface area is 496 Å². The van der Waals surface area contributed by atoms with Crippen LogP contribution in [0.2, 0.25) is 0 Å². The van der Waals surface area contributed by atoms with Gasteiger partial charge in [0.05, 0.1) is 5.69 Å². The lowest BCUT2D eigenvalue weighted by Gasteiger charge is -2.45. The van der Waals surface area contributed by atoms with Crippen LogP contribution in [0.3, 0.4) is 0 Å². The molecule has 0 saturated heterocycles. The lowest BCUT2D eigenvalue weighted by Crippen LogP contribution is -2.61. The first-order valence-electron chi connectivity index (χ1n) is 29.4. The van der Waals surface area contributed by atoms with Crippen LogP contribution < -0.4 is 31.1 Å². The van der Waals surface area contributed by atoms with Crippen LogP contribution in [0, 0.1) is 0 Å². The minimum atomic E-state index is -0.139. The van der Waals surface area contributed by atoms with E-state index in [1.54, 1.807) is 0 Å². The molecule has 84 heavy (non-hydrogen) atoms. The average molecular weight is 1080 g/mol. The topological polar surface area (TPSA) is 9.72 Å². The number of nitrogens with zero attached hydrogens (tertiary/aromatic N) is 3. The highest BCUT2D eigenvalue weighted by Crippen LogP contribution is 2.49.